The number of nitrogens with zero attached hydrogens (tertiary/aromatic N) is 2. The number of aromatic nitrogens is 2. The molecule has 0 radical (unpaired) electrons. The molecule has 0 saturated carbocycles. The molecule has 1 aromatic carbocycles. The minimum atomic E-state index is 0.870. The van der Waals surface area contributed by atoms with Crippen molar-refractivity contribution in [3.8, 4) is 11.3 Å². The van der Waals surface area contributed by atoms with E-state index in [0.717, 1.165) is 11.5 Å². The topological polar surface area (TPSA) is 25.8 Å². The molecule has 0 aliphatic heterocycles. The maximum Gasteiger partial charge on any atom is 0.128 e. The summed E-state index contributed by atoms with van der Waals surface area (Å²) in [4.78, 5) is 12.1. The van der Waals surface area contributed by atoms with Crippen molar-refractivity contribution >= 4 is 21.6 Å². The van der Waals surface area contributed by atoms with Gasteiger partial charge in [0.05, 0.1) is 5.69 Å². The summed E-state index contributed by atoms with van der Waals surface area (Å²) in [5.74, 6) is 0.870. The van der Waals surface area contributed by atoms with Crippen molar-refractivity contribution in [2.45, 2.75) is 32.6 Å². The van der Waals surface area contributed by atoms with Crippen molar-refractivity contribution in [3.63, 3.8) is 0 Å². The SMILES string of the molecule is Cc1nc(-c2ccccc2)c2c3c(sc2n1)CCCC3. The highest BCUT2D eigenvalue weighted by molar-refractivity contribution is 7.19. The van der Waals surface area contributed by atoms with Crippen LogP contribution < -0.4 is 0 Å². The Morgan fingerprint density at radius 2 is 1.80 bits per heavy atom. The second-order valence-electron chi connectivity index (χ2n) is 5.38. The normalized spacial score (nSPS) is 14.4. The van der Waals surface area contributed by atoms with E-state index < -0.39 is 0 Å². The summed E-state index contributed by atoms with van der Waals surface area (Å²) in [5, 5.41) is 1.31. The Morgan fingerprint density at radius 1 is 1.00 bits per heavy atom. The van der Waals surface area contributed by atoms with Gasteiger partial charge in [-0.15, -0.1) is 11.3 Å². The minimum absolute atomic E-state index is 0.870. The maximum absolute atomic E-state index is 4.75. The van der Waals surface area contributed by atoms with Crippen LogP contribution in [-0.4, -0.2) is 9.97 Å². The maximum atomic E-state index is 4.75. The second-order valence-corrected chi connectivity index (χ2v) is 6.46. The van der Waals surface area contributed by atoms with Crippen molar-refractivity contribution in [1.82, 2.24) is 9.97 Å². The van der Waals surface area contributed by atoms with E-state index in [1.54, 1.807) is 0 Å². The first kappa shape index (κ1) is 12.0. The van der Waals surface area contributed by atoms with E-state index in [1.165, 1.54) is 51.9 Å². The lowest BCUT2D eigenvalue weighted by atomic mass is 9.95. The van der Waals surface area contributed by atoms with Gasteiger partial charge < -0.3 is 0 Å². The van der Waals surface area contributed by atoms with Gasteiger partial charge in [0.1, 0.15) is 10.7 Å². The molecular formula is C17H16N2S. The van der Waals surface area contributed by atoms with Crippen LogP contribution in [0.3, 0.4) is 0 Å². The summed E-state index contributed by atoms with van der Waals surface area (Å²) in [5.41, 5.74) is 3.83. The van der Waals surface area contributed by atoms with Gasteiger partial charge in [0.2, 0.25) is 0 Å². The van der Waals surface area contributed by atoms with E-state index in [4.69, 9.17) is 4.98 Å². The fraction of sp³-hybridized carbons (Fsp3) is 0.294. The lowest BCUT2D eigenvalue weighted by molar-refractivity contribution is 0.700. The predicted octanol–water partition coefficient (Wildman–Crippen LogP) is 4.55. The third-order valence-electron chi connectivity index (χ3n) is 3.97. The summed E-state index contributed by atoms with van der Waals surface area (Å²) in [6.07, 6.45) is 5.00. The number of fused-ring (bicyclic) bond motifs is 3. The number of hydrogen-bond donors (Lipinski definition) is 0. The van der Waals surface area contributed by atoms with Gasteiger partial charge in [0.25, 0.3) is 0 Å². The average molecular weight is 280 g/mol. The molecule has 2 aromatic heterocycles. The van der Waals surface area contributed by atoms with Gasteiger partial charge in [-0.25, -0.2) is 9.97 Å². The molecule has 2 nitrogen and oxygen atoms in total. The molecule has 0 bridgehead atoms. The quantitative estimate of drug-likeness (QED) is 0.653. The lowest BCUT2D eigenvalue weighted by Gasteiger charge is -2.12. The molecule has 0 N–H and O–H groups in total. The van der Waals surface area contributed by atoms with Crippen molar-refractivity contribution in [3.05, 3.63) is 46.6 Å². The zero-order valence-corrected chi connectivity index (χ0v) is 12.3. The first-order valence-corrected chi connectivity index (χ1v) is 7.99. The fourth-order valence-corrected chi connectivity index (χ4v) is 4.38. The highest BCUT2D eigenvalue weighted by Crippen LogP contribution is 2.39. The molecule has 0 saturated heterocycles. The summed E-state index contributed by atoms with van der Waals surface area (Å²) < 4.78 is 0. The average Bonchev–Trinajstić information content (AvgIpc) is 2.85. The van der Waals surface area contributed by atoms with Gasteiger partial charge in [-0.2, -0.15) is 0 Å². The van der Waals surface area contributed by atoms with Gasteiger partial charge in [-0.05, 0) is 38.2 Å². The molecule has 0 unspecified atom stereocenters. The van der Waals surface area contributed by atoms with Gasteiger partial charge in [-0.1, -0.05) is 30.3 Å². The second kappa shape index (κ2) is 4.67. The van der Waals surface area contributed by atoms with E-state index in [9.17, 15) is 0 Å². The third kappa shape index (κ3) is 1.85. The molecule has 3 heteroatoms. The highest BCUT2D eigenvalue weighted by Gasteiger charge is 2.20. The minimum Gasteiger partial charge on any atom is -0.232 e. The molecule has 20 heavy (non-hydrogen) atoms. The van der Waals surface area contributed by atoms with Gasteiger partial charge in [0, 0.05) is 15.8 Å². The van der Waals surface area contributed by atoms with Crippen LogP contribution in [0.2, 0.25) is 0 Å². The number of aryl methyl sites for hydroxylation is 3. The molecule has 3 aromatic rings. The van der Waals surface area contributed by atoms with Crippen LogP contribution in [0, 0.1) is 6.92 Å². The van der Waals surface area contributed by atoms with Crippen molar-refractivity contribution in [2.24, 2.45) is 0 Å². The Kier molecular flexibility index (Phi) is 2.81. The smallest absolute Gasteiger partial charge is 0.128 e. The summed E-state index contributed by atoms with van der Waals surface area (Å²) in [7, 11) is 0. The summed E-state index contributed by atoms with van der Waals surface area (Å²) in [6, 6.07) is 10.5. The molecule has 2 heterocycles. The zero-order valence-electron chi connectivity index (χ0n) is 11.5. The van der Waals surface area contributed by atoms with Crippen molar-refractivity contribution in [2.75, 3.05) is 0 Å². The molecule has 0 spiro atoms. The Labute approximate surface area is 122 Å². The molecule has 4 rings (SSSR count). The summed E-state index contributed by atoms with van der Waals surface area (Å²) >= 11 is 1.87. The van der Waals surface area contributed by atoms with Gasteiger partial charge in [0.15, 0.2) is 0 Å². The summed E-state index contributed by atoms with van der Waals surface area (Å²) in [6.45, 7) is 1.99. The van der Waals surface area contributed by atoms with E-state index in [0.29, 0.717) is 0 Å². The fourth-order valence-electron chi connectivity index (χ4n) is 3.07. The van der Waals surface area contributed by atoms with Gasteiger partial charge >= 0.3 is 0 Å². The van der Waals surface area contributed by atoms with Crippen LogP contribution in [0.15, 0.2) is 30.3 Å². The largest absolute Gasteiger partial charge is 0.232 e. The van der Waals surface area contributed by atoms with Crippen LogP contribution >= 0.6 is 11.3 Å². The van der Waals surface area contributed by atoms with Crippen LogP contribution in [0.25, 0.3) is 21.5 Å². The molecular weight excluding hydrogens is 264 g/mol. The zero-order chi connectivity index (χ0) is 13.5. The van der Waals surface area contributed by atoms with E-state index >= 15 is 0 Å². The highest BCUT2D eigenvalue weighted by atomic mass is 32.1. The number of thiophene rings is 1. The van der Waals surface area contributed by atoms with Crippen LogP contribution in [0.4, 0.5) is 0 Å². The predicted molar refractivity (Wildman–Crippen MR) is 84.2 cm³/mol. The standard InChI is InChI=1S/C17H16N2S/c1-11-18-16(12-7-3-2-4-8-12)15-13-9-5-6-10-14(13)20-17(15)19-11/h2-4,7-8H,5-6,9-10H2,1H3. The number of benzene rings is 1. The monoisotopic (exact) mass is 280 g/mol. The van der Waals surface area contributed by atoms with E-state index in [1.807, 2.05) is 18.3 Å². The molecule has 1 aliphatic carbocycles. The van der Waals surface area contributed by atoms with Crippen LogP contribution in [0.5, 0.6) is 0 Å². The van der Waals surface area contributed by atoms with Crippen molar-refractivity contribution in [1.29, 1.82) is 0 Å². The molecule has 100 valence electrons. The molecule has 0 fully saturated rings. The van der Waals surface area contributed by atoms with Crippen LogP contribution in [0.1, 0.15) is 29.1 Å². The van der Waals surface area contributed by atoms with Crippen molar-refractivity contribution < 1.29 is 0 Å². The van der Waals surface area contributed by atoms with E-state index in [2.05, 4.69) is 35.3 Å². The third-order valence-corrected chi connectivity index (χ3v) is 5.16. The van der Waals surface area contributed by atoms with Crippen LogP contribution in [-0.2, 0) is 12.8 Å². The van der Waals surface area contributed by atoms with Gasteiger partial charge in [-0.3, -0.25) is 0 Å². The first-order chi connectivity index (χ1) is 9.83. The number of rotatable bonds is 1. The molecule has 1 aliphatic rings. The lowest BCUT2D eigenvalue weighted by Crippen LogP contribution is -2.00. The Hall–Kier alpha value is -1.74. The Morgan fingerprint density at radius 3 is 2.65 bits per heavy atom. The number of hydrogen-bond acceptors (Lipinski definition) is 3. The Bertz CT molecular complexity index is 775. The van der Waals surface area contributed by atoms with E-state index in [-0.39, 0.29) is 0 Å². The molecule has 0 atom stereocenters. The molecule has 0 amide bonds. The first-order valence-electron chi connectivity index (χ1n) is 7.17. The Balaban J connectivity index is 2.06.